The first-order chi connectivity index (χ1) is 4.79. The third-order valence-electron chi connectivity index (χ3n) is 1.16. The van der Waals surface area contributed by atoms with E-state index in [1.54, 1.807) is 0 Å². The van der Waals surface area contributed by atoms with Gasteiger partial charge in [0.25, 0.3) is 0 Å². The normalized spacial score (nSPS) is 10.5. The molecular weight excluding hydrogens is 146 g/mol. The van der Waals surface area contributed by atoms with Crippen molar-refractivity contribution in [2.24, 2.45) is 0 Å². The van der Waals surface area contributed by atoms with Crippen LogP contribution in [0, 0.1) is 0 Å². The Morgan fingerprint density at radius 1 is 1.09 bits per heavy atom. The number of rotatable bonds is 2. The Balaban J connectivity index is 0.000001000. The molecule has 0 N–H and O–H groups in total. The molecule has 0 saturated heterocycles. The van der Waals surface area contributed by atoms with Crippen LogP contribution in [0.3, 0.4) is 0 Å². The fourth-order valence-electron chi connectivity index (χ4n) is 0.812. The summed E-state index contributed by atoms with van der Waals surface area (Å²) < 4.78 is 0. The van der Waals surface area contributed by atoms with E-state index < -0.39 is 0 Å². The van der Waals surface area contributed by atoms with E-state index >= 15 is 0 Å². The van der Waals surface area contributed by atoms with Gasteiger partial charge in [0.1, 0.15) is 0 Å². The van der Waals surface area contributed by atoms with Gasteiger partial charge in [-0.1, -0.05) is 44.2 Å². The molecule has 0 spiro atoms. The molecule has 0 saturated carbocycles. The maximum atomic E-state index is 2.23. The van der Waals surface area contributed by atoms with Crippen LogP contribution in [-0.4, -0.2) is 5.66 Å². The second-order valence-electron chi connectivity index (χ2n) is 2.56. The summed E-state index contributed by atoms with van der Waals surface area (Å²) in [7, 11) is 1.43. The van der Waals surface area contributed by atoms with Crippen molar-refractivity contribution in [3.63, 3.8) is 0 Å². The summed E-state index contributed by atoms with van der Waals surface area (Å²) in [5.41, 5.74) is 0.738. The molecule has 0 aliphatic rings. The van der Waals surface area contributed by atoms with Gasteiger partial charge in [-0.05, 0) is 0 Å². The molecule has 0 atom stereocenters. The minimum Gasteiger partial charge on any atom is -0.503 e. The van der Waals surface area contributed by atoms with Gasteiger partial charge < -0.3 is 8.58 Å². The van der Waals surface area contributed by atoms with Crippen molar-refractivity contribution in [3.8, 4) is 0 Å². The van der Waals surface area contributed by atoms with E-state index in [-0.39, 0.29) is 18.9 Å². The van der Waals surface area contributed by atoms with Crippen LogP contribution in [0.2, 0.25) is 0 Å². The van der Waals surface area contributed by atoms with Crippen molar-refractivity contribution in [1.29, 1.82) is 0 Å². The molecular formula is C9H12LiP. The van der Waals surface area contributed by atoms with Gasteiger partial charge in [-0.25, -0.2) is 5.30 Å². The van der Waals surface area contributed by atoms with Crippen LogP contribution < -0.4 is 24.2 Å². The summed E-state index contributed by atoms with van der Waals surface area (Å²) in [6, 6.07) is 10.6. The minimum absolute atomic E-state index is 0. The van der Waals surface area contributed by atoms with Gasteiger partial charge in [-0.3, -0.25) is 0 Å². The SMILES string of the molecule is CC(C)[P-]c1ccccc1.[Li+]. The van der Waals surface area contributed by atoms with Crippen LogP contribution in [0.5, 0.6) is 0 Å². The Bertz CT molecular complexity index is 184. The van der Waals surface area contributed by atoms with Crippen molar-refractivity contribution < 1.29 is 18.9 Å². The molecule has 0 fully saturated rings. The summed E-state index contributed by atoms with van der Waals surface area (Å²) in [6.45, 7) is 4.46. The Hall–Kier alpha value is 0.247. The van der Waals surface area contributed by atoms with E-state index in [1.807, 2.05) is 0 Å². The van der Waals surface area contributed by atoms with Crippen LogP contribution in [-0.2, 0) is 0 Å². The first kappa shape index (κ1) is 11.2. The second kappa shape index (κ2) is 5.84. The molecule has 0 nitrogen and oxygen atoms in total. The monoisotopic (exact) mass is 158 g/mol. The maximum Gasteiger partial charge on any atom is 1.00 e. The molecule has 0 bridgehead atoms. The molecule has 1 aromatic rings. The third kappa shape index (κ3) is 4.65. The van der Waals surface area contributed by atoms with Crippen molar-refractivity contribution in [2.75, 3.05) is 0 Å². The van der Waals surface area contributed by atoms with E-state index in [4.69, 9.17) is 0 Å². The average molecular weight is 158 g/mol. The molecule has 0 aliphatic heterocycles. The molecule has 0 heterocycles. The molecule has 54 valence electrons. The maximum absolute atomic E-state index is 2.23. The Morgan fingerprint density at radius 2 is 1.64 bits per heavy atom. The van der Waals surface area contributed by atoms with Crippen molar-refractivity contribution in [1.82, 2.24) is 0 Å². The zero-order valence-corrected chi connectivity index (χ0v) is 8.31. The molecule has 0 amide bonds. The van der Waals surface area contributed by atoms with Crippen LogP contribution in [0.25, 0.3) is 0 Å². The second-order valence-corrected chi connectivity index (χ2v) is 4.37. The summed E-state index contributed by atoms with van der Waals surface area (Å²) in [4.78, 5) is 0. The Labute approximate surface area is 82.7 Å². The molecule has 2 heteroatoms. The molecule has 0 unspecified atom stereocenters. The van der Waals surface area contributed by atoms with Gasteiger partial charge in [0.2, 0.25) is 0 Å². The van der Waals surface area contributed by atoms with Gasteiger partial charge >= 0.3 is 18.9 Å². The van der Waals surface area contributed by atoms with E-state index in [0.717, 1.165) is 5.66 Å². The minimum atomic E-state index is 0. The fourth-order valence-corrected chi connectivity index (χ4v) is 1.75. The molecule has 0 aromatic heterocycles. The van der Waals surface area contributed by atoms with Gasteiger partial charge in [0.05, 0.1) is 0 Å². The van der Waals surface area contributed by atoms with Gasteiger partial charge in [-0.2, -0.15) is 5.66 Å². The van der Waals surface area contributed by atoms with Crippen LogP contribution in [0.1, 0.15) is 13.8 Å². The summed E-state index contributed by atoms with van der Waals surface area (Å²) >= 11 is 0. The third-order valence-corrected chi connectivity index (χ3v) is 2.28. The number of hydrogen-bond donors (Lipinski definition) is 0. The Morgan fingerprint density at radius 3 is 2.09 bits per heavy atom. The molecule has 11 heavy (non-hydrogen) atoms. The van der Waals surface area contributed by atoms with Crippen LogP contribution in [0.4, 0.5) is 0 Å². The predicted octanol–water partition coefficient (Wildman–Crippen LogP) is -0.330. The van der Waals surface area contributed by atoms with Crippen molar-refractivity contribution >= 4 is 13.9 Å². The molecule has 1 rings (SSSR count). The van der Waals surface area contributed by atoms with E-state index in [2.05, 4.69) is 44.2 Å². The first-order valence-corrected chi connectivity index (χ1v) is 4.51. The van der Waals surface area contributed by atoms with Gasteiger partial charge in [0.15, 0.2) is 0 Å². The van der Waals surface area contributed by atoms with E-state index in [9.17, 15) is 0 Å². The fraction of sp³-hybridized carbons (Fsp3) is 0.333. The predicted molar refractivity (Wildman–Crippen MR) is 48.1 cm³/mol. The van der Waals surface area contributed by atoms with E-state index in [1.165, 1.54) is 13.9 Å². The first-order valence-electron chi connectivity index (χ1n) is 3.55. The largest absolute Gasteiger partial charge is 1.00 e. The van der Waals surface area contributed by atoms with Crippen molar-refractivity contribution in [3.05, 3.63) is 30.3 Å². The average Bonchev–Trinajstić information content (AvgIpc) is 1.88. The summed E-state index contributed by atoms with van der Waals surface area (Å²) in [6.07, 6.45) is 0. The topological polar surface area (TPSA) is 0 Å². The van der Waals surface area contributed by atoms with Gasteiger partial charge in [0, 0.05) is 0 Å². The number of benzene rings is 1. The summed E-state index contributed by atoms with van der Waals surface area (Å²) in [5, 5.41) is 1.41. The smallest absolute Gasteiger partial charge is 0.503 e. The molecule has 0 aliphatic carbocycles. The van der Waals surface area contributed by atoms with Crippen LogP contribution >= 0.6 is 8.58 Å². The zero-order chi connectivity index (χ0) is 7.40. The van der Waals surface area contributed by atoms with Crippen molar-refractivity contribution in [2.45, 2.75) is 19.5 Å². The quantitative estimate of drug-likeness (QED) is 0.408. The standard InChI is InChI=1S/C9H12P.Li/c1-8(2)10-9-6-4-3-5-7-9;/h3-8H,1-2H3;/q-1;+1. The molecule has 0 radical (unpaired) electrons. The van der Waals surface area contributed by atoms with Crippen LogP contribution in [0.15, 0.2) is 30.3 Å². The Kier molecular flexibility index (Phi) is 5.97. The van der Waals surface area contributed by atoms with Gasteiger partial charge in [-0.15, -0.1) is 0 Å². The number of hydrogen-bond acceptors (Lipinski definition) is 0. The summed E-state index contributed by atoms with van der Waals surface area (Å²) in [5.74, 6) is 0. The zero-order valence-electron chi connectivity index (χ0n) is 7.41. The van der Waals surface area contributed by atoms with E-state index in [0.29, 0.717) is 0 Å². The molecule has 1 aromatic carbocycles.